The van der Waals surface area contributed by atoms with E-state index in [1.807, 2.05) is 0 Å². The van der Waals surface area contributed by atoms with Gasteiger partial charge in [-0.3, -0.25) is 9.36 Å². The van der Waals surface area contributed by atoms with Crippen LogP contribution < -0.4 is 11.3 Å². The van der Waals surface area contributed by atoms with E-state index in [2.05, 4.69) is 11.9 Å². The van der Waals surface area contributed by atoms with E-state index in [-0.39, 0.29) is 22.4 Å². The molecule has 1 saturated carbocycles. The van der Waals surface area contributed by atoms with Gasteiger partial charge >= 0.3 is 0 Å². The van der Waals surface area contributed by atoms with Crippen LogP contribution >= 0.6 is 11.6 Å². The number of nitrogens with zero attached hydrogens (tertiary/aromatic N) is 2. The highest BCUT2D eigenvalue weighted by molar-refractivity contribution is 6.31. The second kappa shape index (κ2) is 5.08. The molecule has 1 fully saturated rings. The van der Waals surface area contributed by atoms with Crippen LogP contribution in [0.3, 0.4) is 0 Å². The molecule has 0 amide bonds. The number of anilines is 1. The molecule has 4 nitrogen and oxygen atoms in total. The number of hydrogen-bond donors (Lipinski definition) is 1. The van der Waals surface area contributed by atoms with Crippen molar-refractivity contribution >= 4 is 17.3 Å². The topological polar surface area (TPSA) is 60.9 Å². The second-order valence-corrected chi connectivity index (χ2v) is 5.11. The third kappa shape index (κ3) is 2.46. The Bertz CT molecular complexity index is 458. The molecule has 1 aliphatic carbocycles. The molecule has 5 heteroatoms. The minimum absolute atomic E-state index is 0.0628. The summed E-state index contributed by atoms with van der Waals surface area (Å²) in [4.78, 5) is 16.0. The summed E-state index contributed by atoms with van der Waals surface area (Å²) in [6.07, 6.45) is 7.19. The molecular weight excluding hydrogens is 238 g/mol. The van der Waals surface area contributed by atoms with Crippen molar-refractivity contribution in [2.24, 2.45) is 5.92 Å². The molecule has 2 atom stereocenters. The summed E-state index contributed by atoms with van der Waals surface area (Å²) in [5, 5.41) is 0.106. The zero-order valence-corrected chi connectivity index (χ0v) is 10.8. The van der Waals surface area contributed by atoms with E-state index in [0.29, 0.717) is 5.92 Å². The number of nitrogen functional groups attached to an aromatic ring is 1. The van der Waals surface area contributed by atoms with E-state index < -0.39 is 0 Å². The van der Waals surface area contributed by atoms with Gasteiger partial charge in [-0.1, -0.05) is 37.8 Å². The normalized spacial score (nSPS) is 24.8. The maximum absolute atomic E-state index is 12.0. The largest absolute Gasteiger partial charge is 0.392 e. The Labute approximate surface area is 106 Å². The Morgan fingerprint density at radius 3 is 3.06 bits per heavy atom. The van der Waals surface area contributed by atoms with Gasteiger partial charge in [-0.15, -0.1) is 0 Å². The molecule has 0 aromatic carbocycles. The smallest absolute Gasteiger partial charge is 0.278 e. The van der Waals surface area contributed by atoms with Crippen molar-refractivity contribution in [1.29, 1.82) is 0 Å². The number of rotatable bonds is 2. The second-order valence-electron chi connectivity index (χ2n) is 4.76. The Morgan fingerprint density at radius 2 is 2.35 bits per heavy atom. The van der Waals surface area contributed by atoms with Crippen LogP contribution in [0.15, 0.2) is 11.1 Å². The van der Waals surface area contributed by atoms with Crippen molar-refractivity contribution in [3.63, 3.8) is 0 Å². The molecule has 1 aliphatic rings. The maximum Gasteiger partial charge on any atom is 0.278 e. The SMILES string of the molecule is CCC1CCCC(n2cnc(Cl)c(N)c2=O)C1. The first kappa shape index (κ1) is 12.4. The molecular formula is C12H18ClN3O. The van der Waals surface area contributed by atoms with E-state index in [4.69, 9.17) is 17.3 Å². The number of halogens is 1. The van der Waals surface area contributed by atoms with Crippen molar-refractivity contribution < 1.29 is 0 Å². The lowest BCUT2D eigenvalue weighted by Gasteiger charge is -2.29. The summed E-state index contributed by atoms with van der Waals surface area (Å²) in [5.41, 5.74) is 5.49. The van der Waals surface area contributed by atoms with Gasteiger partial charge in [0.1, 0.15) is 5.69 Å². The van der Waals surface area contributed by atoms with E-state index >= 15 is 0 Å². The van der Waals surface area contributed by atoms with Crippen molar-refractivity contribution in [3.8, 4) is 0 Å². The first-order valence-corrected chi connectivity index (χ1v) is 6.53. The first-order valence-electron chi connectivity index (χ1n) is 6.15. The standard InChI is InChI=1S/C12H18ClN3O/c1-2-8-4-3-5-9(6-8)16-7-15-11(13)10(14)12(16)17/h7-9H,2-6,14H2,1H3. The average molecular weight is 256 g/mol. The summed E-state index contributed by atoms with van der Waals surface area (Å²) in [5.74, 6) is 0.706. The lowest BCUT2D eigenvalue weighted by Crippen LogP contribution is -2.30. The molecule has 2 unspecified atom stereocenters. The van der Waals surface area contributed by atoms with E-state index in [1.165, 1.54) is 19.2 Å². The Morgan fingerprint density at radius 1 is 1.59 bits per heavy atom. The molecule has 17 heavy (non-hydrogen) atoms. The summed E-state index contributed by atoms with van der Waals surface area (Å²) >= 11 is 5.73. The fraction of sp³-hybridized carbons (Fsp3) is 0.667. The van der Waals surface area contributed by atoms with E-state index in [9.17, 15) is 4.79 Å². The third-order valence-corrected chi connectivity index (χ3v) is 4.01. The van der Waals surface area contributed by atoms with Gasteiger partial charge in [0.15, 0.2) is 5.15 Å². The highest BCUT2D eigenvalue weighted by Gasteiger charge is 2.23. The minimum Gasteiger partial charge on any atom is -0.392 e. The highest BCUT2D eigenvalue weighted by Crippen LogP contribution is 2.33. The van der Waals surface area contributed by atoms with Crippen LogP contribution in [0.5, 0.6) is 0 Å². The lowest BCUT2D eigenvalue weighted by molar-refractivity contribution is 0.256. The summed E-state index contributed by atoms with van der Waals surface area (Å²) in [7, 11) is 0. The first-order chi connectivity index (χ1) is 8.13. The number of nitrogens with two attached hydrogens (primary N) is 1. The Kier molecular flexibility index (Phi) is 3.72. The van der Waals surface area contributed by atoms with Crippen LogP contribution in [0.25, 0.3) is 0 Å². The molecule has 0 radical (unpaired) electrons. The van der Waals surface area contributed by atoms with Crippen LogP contribution in [-0.2, 0) is 0 Å². The summed E-state index contributed by atoms with van der Waals surface area (Å²) in [6.45, 7) is 2.20. The molecule has 0 aliphatic heterocycles. The van der Waals surface area contributed by atoms with Crippen LogP contribution in [0.4, 0.5) is 5.69 Å². The average Bonchev–Trinajstić information content (AvgIpc) is 2.36. The summed E-state index contributed by atoms with van der Waals surface area (Å²) < 4.78 is 1.66. The molecule has 1 aromatic heterocycles. The monoisotopic (exact) mass is 255 g/mol. The van der Waals surface area contributed by atoms with Gasteiger partial charge < -0.3 is 5.73 Å². The molecule has 94 valence electrons. The molecule has 0 bridgehead atoms. The lowest BCUT2D eigenvalue weighted by atomic mass is 9.84. The van der Waals surface area contributed by atoms with Crippen molar-refractivity contribution in [2.75, 3.05) is 5.73 Å². The maximum atomic E-state index is 12.0. The van der Waals surface area contributed by atoms with E-state index in [0.717, 1.165) is 19.3 Å². The molecule has 0 spiro atoms. The van der Waals surface area contributed by atoms with Crippen molar-refractivity contribution in [2.45, 2.75) is 45.1 Å². The predicted octanol–water partition coefficient (Wildman–Crippen LogP) is 2.62. The van der Waals surface area contributed by atoms with Gasteiger partial charge in [0.2, 0.25) is 0 Å². The fourth-order valence-electron chi connectivity index (χ4n) is 2.61. The zero-order valence-electron chi connectivity index (χ0n) is 10.0. The van der Waals surface area contributed by atoms with Crippen molar-refractivity contribution in [1.82, 2.24) is 9.55 Å². The Balaban J connectivity index is 2.28. The number of hydrogen-bond acceptors (Lipinski definition) is 3. The molecule has 2 rings (SSSR count). The van der Waals surface area contributed by atoms with Crippen LogP contribution in [0, 0.1) is 5.92 Å². The Hall–Kier alpha value is -1.03. The van der Waals surface area contributed by atoms with Crippen LogP contribution in [-0.4, -0.2) is 9.55 Å². The minimum atomic E-state index is -0.202. The molecule has 2 N–H and O–H groups in total. The fourth-order valence-corrected chi connectivity index (χ4v) is 2.73. The quantitative estimate of drug-likeness (QED) is 0.827. The van der Waals surface area contributed by atoms with Gasteiger partial charge in [-0.2, -0.15) is 0 Å². The van der Waals surface area contributed by atoms with Crippen LogP contribution in [0.1, 0.15) is 45.1 Å². The van der Waals surface area contributed by atoms with Gasteiger partial charge in [0, 0.05) is 6.04 Å². The molecule has 1 heterocycles. The summed E-state index contributed by atoms with van der Waals surface area (Å²) in [6, 6.07) is 0.230. The predicted molar refractivity (Wildman–Crippen MR) is 69.2 cm³/mol. The third-order valence-electron chi connectivity index (χ3n) is 3.71. The zero-order chi connectivity index (χ0) is 12.4. The van der Waals surface area contributed by atoms with E-state index in [1.54, 1.807) is 4.57 Å². The van der Waals surface area contributed by atoms with Gasteiger partial charge in [-0.05, 0) is 18.8 Å². The molecule has 1 aromatic rings. The number of aromatic nitrogens is 2. The van der Waals surface area contributed by atoms with Gasteiger partial charge in [0.05, 0.1) is 6.33 Å². The van der Waals surface area contributed by atoms with Crippen molar-refractivity contribution in [3.05, 3.63) is 21.8 Å². The van der Waals surface area contributed by atoms with Crippen LogP contribution in [0.2, 0.25) is 5.15 Å². The van der Waals surface area contributed by atoms with Gasteiger partial charge in [0.25, 0.3) is 5.56 Å². The molecule has 0 saturated heterocycles. The van der Waals surface area contributed by atoms with Gasteiger partial charge in [-0.25, -0.2) is 4.98 Å². The highest BCUT2D eigenvalue weighted by atomic mass is 35.5.